The van der Waals surface area contributed by atoms with E-state index in [0.717, 1.165) is 5.56 Å². The average Bonchev–Trinajstić information content (AvgIpc) is 2.57. The molecule has 1 aromatic rings. The summed E-state index contributed by atoms with van der Waals surface area (Å²) in [5.41, 5.74) is 0.785. The van der Waals surface area contributed by atoms with Gasteiger partial charge in [0.15, 0.2) is 0 Å². The van der Waals surface area contributed by atoms with Gasteiger partial charge in [0.05, 0.1) is 19.6 Å². The first kappa shape index (κ1) is 19.6. The summed E-state index contributed by atoms with van der Waals surface area (Å²) in [6, 6.07) is 7.62. The van der Waals surface area contributed by atoms with Crippen LogP contribution in [0.1, 0.15) is 12.0 Å². The maximum atomic E-state index is 11.7. The summed E-state index contributed by atoms with van der Waals surface area (Å²) < 4.78 is 14.7. The highest BCUT2D eigenvalue weighted by molar-refractivity contribution is 5.87. The molecule has 8 heteroatoms. The molecule has 0 spiro atoms. The molecule has 132 valence electrons. The molecule has 1 rings (SSSR count). The first-order valence-corrected chi connectivity index (χ1v) is 7.31. The quantitative estimate of drug-likeness (QED) is 0.442. The Morgan fingerprint density at radius 1 is 1.17 bits per heavy atom. The molecule has 0 aliphatic heterocycles. The van der Waals surface area contributed by atoms with E-state index >= 15 is 0 Å². The number of ether oxygens (including phenoxy) is 3. The van der Waals surface area contributed by atoms with E-state index in [1.54, 1.807) is 24.3 Å². The van der Waals surface area contributed by atoms with Crippen LogP contribution < -0.4 is 5.32 Å². The van der Waals surface area contributed by atoms with Crippen LogP contribution in [0, 0.1) is 0 Å². The summed E-state index contributed by atoms with van der Waals surface area (Å²) in [4.78, 5) is 34.5. The van der Waals surface area contributed by atoms with Crippen LogP contribution in [-0.2, 0) is 35.2 Å². The van der Waals surface area contributed by atoms with Gasteiger partial charge in [0.2, 0.25) is 5.91 Å². The number of esters is 1. The van der Waals surface area contributed by atoms with E-state index in [-0.39, 0.29) is 19.8 Å². The summed E-state index contributed by atoms with van der Waals surface area (Å²) in [6.45, 7) is 0.258. The minimum absolute atomic E-state index is 0.0418. The Labute approximate surface area is 139 Å². The molecule has 0 radical (unpaired) electrons. The summed E-state index contributed by atoms with van der Waals surface area (Å²) in [5, 5.41) is 11.3. The van der Waals surface area contributed by atoms with Crippen LogP contribution >= 0.6 is 0 Å². The maximum Gasteiger partial charge on any atom is 0.326 e. The van der Waals surface area contributed by atoms with Crippen molar-refractivity contribution >= 4 is 17.8 Å². The van der Waals surface area contributed by atoms with Gasteiger partial charge in [0.25, 0.3) is 0 Å². The predicted octanol–water partition coefficient (Wildman–Crippen LogP) is 0.352. The molecular weight excluding hydrogens is 318 g/mol. The second-order valence-corrected chi connectivity index (χ2v) is 4.85. The lowest BCUT2D eigenvalue weighted by Gasteiger charge is -2.14. The normalized spacial score (nSPS) is 11.5. The van der Waals surface area contributed by atoms with Crippen LogP contribution in [0.4, 0.5) is 0 Å². The van der Waals surface area contributed by atoms with Crippen LogP contribution in [0.5, 0.6) is 0 Å². The SMILES string of the molecule is COCCOCC(=O)N[C@H](CC(=O)OCc1ccccc1)C(=O)O. The van der Waals surface area contributed by atoms with E-state index in [2.05, 4.69) is 5.32 Å². The van der Waals surface area contributed by atoms with E-state index in [1.807, 2.05) is 6.07 Å². The number of carbonyl (C=O) groups excluding carboxylic acids is 2. The molecule has 0 aromatic heterocycles. The molecule has 0 unspecified atom stereocenters. The van der Waals surface area contributed by atoms with Gasteiger partial charge >= 0.3 is 11.9 Å². The molecule has 0 aliphatic rings. The number of carbonyl (C=O) groups is 3. The molecule has 1 aromatic carbocycles. The molecule has 0 saturated heterocycles. The Morgan fingerprint density at radius 3 is 2.50 bits per heavy atom. The van der Waals surface area contributed by atoms with E-state index < -0.39 is 30.3 Å². The Kier molecular flexibility index (Phi) is 9.10. The fourth-order valence-electron chi connectivity index (χ4n) is 1.71. The van der Waals surface area contributed by atoms with Crippen molar-refractivity contribution in [1.82, 2.24) is 5.32 Å². The van der Waals surface area contributed by atoms with Crippen LogP contribution in [0.25, 0.3) is 0 Å². The van der Waals surface area contributed by atoms with Crippen molar-refractivity contribution in [2.75, 3.05) is 26.9 Å². The Bertz CT molecular complexity index is 532. The number of nitrogens with one attached hydrogen (secondary N) is 1. The van der Waals surface area contributed by atoms with E-state index in [9.17, 15) is 14.4 Å². The maximum absolute atomic E-state index is 11.7. The third-order valence-electron chi connectivity index (χ3n) is 2.91. The predicted molar refractivity (Wildman–Crippen MR) is 83.1 cm³/mol. The molecule has 0 aliphatic carbocycles. The van der Waals surface area contributed by atoms with Gasteiger partial charge in [-0.2, -0.15) is 0 Å². The van der Waals surface area contributed by atoms with Gasteiger partial charge in [0, 0.05) is 7.11 Å². The minimum Gasteiger partial charge on any atom is -0.480 e. The zero-order chi connectivity index (χ0) is 17.8. The van der Waals surface area contributed by atoms with E-state index in [1.165, 1.54) is 7.11 Å². The summed E-state index contributed by atoms with van der Waals surface area (Å²) in [7, 11) is 1.49. The fourth-order valence-corrected chi connectivity index (χ4v) is 1.71. The summed E-state index contributed by atoms with van der Waals surface area (Å²) in [5.74, 6) is -2.67. The molecule has 0 saturated carbocycles. The second-order valence-electron chi connectivity index (χ2n) is 4.85. The molecular formula is C16H21NO7. The zero-order valence-electron chi connectivity index (χ0n) is 13.4. The van der Waals surface area contributed by atoms with Crippen molar-refractivity contribution in [3.8, 4) is 0 Å². The van der Waals surface area contributed by atoms with Crippen LogP contribution in [0.2, 0.25) is 0 Å². The van der Waals surface area contributed by atoms with Crippen molar-refractivity contribution in [3.63, 3.8) is 0 Å². The van der Waals surface area contributed by atoms with Crippen LogP contribution in [0.3, 0.4) is 0 Å². The second kappa shape index (κ2) is 11.1. The van der Waals surface area contributed by atoms with Crippen molar-refractivity contribution in [2.45, 2.75) is 19.1 Å². The number of aliphatic carboxylic acids is 1. The van der Waals surface area contributed by atoms with Crippen molar-refractivity contribution in [2.24, 2.45) is 0 Å². The van der Waals surface area contributed by atoms with Gasteiger partial charge in [-0.1, -0.05) is 30.3 Å². The molecule has 0 fully saturated rings. The number of rotatable bonds is 11. The minimum atomic E-state index is -1.37. The van der Waals surface area contributed by atoms with Gasteiger partial charge in [0.1, 0.15) is 19.3 Å². The molecule has 0 bridgehead atoms. The van der Waals surface area contributed by atoms with Crippen LogP contribution in [-0.4, -0.2) is 55.9 Å². The van der Waals surface area contributed by atoms with Gasteiger partial charge in [-0.25, -0.2) is 4.79 Å². The summed E-state index contributed by atoms with van der Waals surface area (Å²) >= 11 is 0. The Balaban J connectivity index is 2.37. The highest BCUT2D eigenvalue weighted by Gasteiger charge is 2.24. The number of carboxylic acid groups (broad SMARTS) is 1. The highest BCUT2D eigenvalue weighted by atomic mass is 16.5. The Hall–Kier alpha value is -2.45. The molecule has 0 heterocycles. The smallest absolute Gasteiger partial charge is 0.326 e. The lowest BCUT2D eigenvalue weighted by molar-refractivity contribution is -0.151. The largest absolute Gasteiger partial charge is 0.480 e. The molecule has 1 amide bonds. The molecule has 8 nitrogen and oxygen atoms in total. The fraction of sp³-hybridized carbons (Fsp3) is 0.438. The monoisotopic (exact) mass is 339 g/mol. The average molecular weight is 339 g/mol. The summed E-state index contributed by atoms with van der Waals surface area (Å²) in [6.07, 6.45) is -0.466. The van der Waals surface area contributed by atoms with Crippen LogP contribution in [0.15, 0.2) is 30.3 Å². The van der Waals surface area contributed by atoms with Gasteiger partial charge in [-0.3, -0.25) is 9.59 Å². The number of benzene rings is 1. The number of carboxylic acids is 1. The highest BCUT2D eigenvalue weighted by Crippen LogP contribution is 2.03. The van der Waals surface area contributed by atoms with Crippen molar-refractivity contribution in [1.29, 1.82) is 0 Å². The topological polar surface area (TPSA) is 111 Å². The number of hydrogen-bond donors (Lipinski definition) is 2. The third-order valence-corrected chi connectivity index (χ3v) is 2.91. The lowest BCUT2D eigenvalue weighted by atomic mass is 10.2. The van der Waals surface area contributed by atoms with Crippen molar-refractivity contribution in [3.05, 3.63) is 35.9 Å². The number of methoxy groups -OCH3 is 1. The first-order chi connectivity index (χ1) is 11.5. The number of hydrogen-bond acceptors (Lipinski definition) is 6. The van der Waals surface area contributed by atoms with E-state index in [4.69, 9.17) is 19.3 Å². The lowest BCUT2D eigenvalue weighted by Crippen LogP contribution is -2.44. The molecule has 24 heavy (non-hydrogen) atoms. The van der Waals surface area contributed by atoms with E-state index in [0.29, 0.717) is 6.61 Å². The first-order valence-electron chi connectivity index (χ1n) is 7.31. The third kappa shape index (κ3) is 8.25. The molecule has 1 atom stereocenters. The van der Waals surface area contributed by atoms with Gasteiger partial charge in [-0.15, -0.1) is 0 Å². The van der Waals surface area contributed by atoms with Gasteiger partial charge < -0.3 is 24.6 Å². The number of amides is 1. The molecule has 2 N–H and O–H groups in total. The standard InChI is InChI=1S/C16H21NO7/c1-22-7-8-23-11-14(18)17-13(16(20)21)9-15(19)24-10-12-5-3-2-4-6-12/h2-6,13H,7-11H2,1H3,(H,17,18)(H,20,21)/t13-/m1/s1. The Morgan fingerprint density at radius 2 is 1.88 bits per heavy atom. The van der Waals surface area contributed by atoms with Crippen molar-refractivity contribution < 1.29 is 33.7 Å². The van der Waals surface area contributed by atoms with Gasteiger partial charge in [-0.05, 0) is 5.56 Å². The zero-order valence-corrected chi connectivity index (χ0v) is 13.4.